The van der Waals surface area contributed by atoms with Gasteiger partial charge >= 0.3 is 5.69 Å². The number of hydrogen-bond acceptors (Lipinski definition) is 5. The molecule has 1 aliphatic heterocycles. The van der Waals surface area contributed by atoms with Gasteiger partial charge in [0.05, 0.1) is 4.92 Å². The van der Waals surface area contributed by atoms with Crippen molar-refractivity contribution in [1.82, 2.24) is 9.97 Å². The lowest BCUT2D eigenvalue weighted by Crippen LogP contribution is -2.26. The van der Waals surface area contributed by atoms with Crippen LogP contribution in [-0.2, 0) is 4.79 Å². The highest BCUT2D eigenvalue weighted by Crippen LogP contribution is 2.21. The van der Waals surface area contributed by atoms with Crippen LogP contribution in [0.4, 0.5) is 11.6 Å². The quantitative estimate of drug-likeness (QED) is 0.417. The molecule has 1 fully saturated rings. The lowest BCUT2D eigenvalue weighted by molar-refractivity contribution is -0.385. The molecule has 1 atom stereocenters. The lowest BCUT2D eigenvalue weighted by Gasteiger charge is -2.12. The number of hydrogen-bond donors (Lipinski definition) is 0. The molecule has 7 nitrogen and oxygen atoms in total. The number of carbonyl (C=O) groups is 1. The predicted octanol–water partition coefficient (Wildman–Crippen LogP) is 0.371. The lowest BCUT2D eigenvalue weighted by atomic mass is 10.1. The molecule has 0 aliphatic carbocycles. The van der Waals surface area contributed by atoms with Crippen molar-refractivity contribution in [2.45, 2.75) is 6.42 Å². The van der Waals surface area contributed by atoms with E-state index in [0.29, 0.717) is 6.54 Å². The topological polar surface area (TPSA) is 89.2 Å². The predicted molar refractivity (Wildman–Crippen MR) is 58.0 cm³/mol. The molecule has 86 valence electrons. The van der Waals surface area contributed by atoms with E-state index in [1.165, 1.54) is 4.90 Å². The van der Waals surface area contributed by atoms with Crippen molar-refractivity contribution in [2.24, 2.45) is 5.92 Å². The Morgan fingerprint density at radius 1 is 1.53 bits per heavy atom. The maximum atomic E-state index is 11.6. The standard InChI is InChI=1S/C10H8N4O3/c1-2-7-3-9(15)13(6-7)10-11-4-8(5-12-10)14(16)17/h1,4-5,7H,3,6H2. The van der Waals surface area contributed by atoms with E-state index in [2.05, 4.69) is 15.9 Å². The van der Waals surface area contributed by atoms with Gasteiger partial charge < -0.3 is 0 Å². The van der Waals surface area contributed by atoms with Gasteiger partial charge in [-0.15, -0.1) is 12.3 Å². The molecule has 0 radical (unpaired) electrons. The van der Waals surface area contributed by atoms with Crippen LogP contribution in [0.25, 0.3) is 0 Å². The Morgan fingerprint density at radius 3 is 2.65 bits per heavy atom. The van der Waals surface area contributed by atoms with Crippen molar-refractivity contribution in [3.63, 3.8) is 0 Å². The molecule has 1 saturated heterocycles. The number of rotatable bonds is 2. The van der Waals surface area contributed by atoms with Crippen LogP contribution in [0.5, 0.6) is 0 Å². The van der Waals surface area contributed by atoms with E-state index in [1.807, 2.05) is 0 Å². The van der Waals surface area contributed by atoms with Crippen LogP contribution in [-0.4, -0.2) is 27.3 Å². The van der Waals surface area contributed by atoms with Gasteiger partial charge in [-0.05, 0) is 0 Å². The molecular formula is C10H8N4O3. The van der Waals surface area contributed by atoms with Crippen molar-refractivity contribution in [3.8, 4) is 12.3 Å². The highest BCUT2D eigenvalue weighted by atomic mass is 16.6. The summed E-state index contributed by atoms with van der Waals surface area (Å²) < 4.78 is 0. The Bertz CT molecular complexity index is 505. The van der Waals surface area contributed by atoms with Gasteiger partial charge in [-0.3, -0.25) is 19.8 Å². The molecule has 0 saturated carbocycles. The number of aromatic nitrogens is 2. The summed E-state index contributed by atoms with van der Waals surface area (Å²) in [4.78, 5) is 30.3. The average molecular weight is 232 g/mol. The second-order valence-electron chi connectivity index (χ2n) is 3.57. The zero-order valence-corrected chi connectivity index (χ0v) is 8.74. The Morgan fingerprint density at radius 2 is 2.18 bits per heavy atom. The summed E-state index contributed by atoms with van der Waals surface area (Å²) in [5, 5.41) is 10.4. The smallest absolute Gasteiger partial charge is 0.279 e. The first kappa shape index (κ1) is 11.0. The molecule has 17 heavy (non-hydrogen) atoms. The maximum Gasteiger partial charge on any atom is 0.305 e. The molecule has 1 aromatic heterocycles. The fourth-order valence-corrected chi connectivity index (χ4v) is 1.56. The fourth-order valence-electron chi connectivity index (χ4n) is 1.56. The van der Waals surface area contributed by atoms with Crippen LogP contribution in [0.1, 0.15) is 6.42 Å². The minimum Gasteiger partial charge on any atom is -0.279 e. The van der Waals surface area contributed by atoms with Gasteiger partial charge in [-0.2, -0.15) is 0 Å². The molecule has 0 bridgehead atoms. The second-order valence-corrected chi connectivity index (χ2v) is 3.57. The minimum absolute atomic E-state index is 0.151. The zero-order chi connectivity index (χ0) is 12.4. The van der Waals surface area contributed by atoms with Crippen molar-refractivity contribution >= 4 is 17.5 Å². The van der Waals surface area contributed by atoms with E-state index in [4.69, 9.17) is 6.42 Å². The number of anilines is 1. The van der Waals surface area contributed by atoms with Gasteiger partial charge in [0, 0.05) is 18.9 Å². The molecular weight excluding hydrogens is 224 g/mol. The molecule has 0 N–H and O–H groups in total. The summed E-state index contributed by atoms with van der Waals surface area (Å²) in [6.45, 7) is 0.354. The van der Waals surface area contributed by atoms with Crippen LogP contribution < -0.4 is 4.90 Å². The van der Waals surface area contributed by atoms with Crippen LogP contribution >= 0.6 is 0 Å². The zero-order valence-electron chi connectivity index (χ0n) is 8.74. The molecule has 2 heterocycles. The third-order valence-corrected chi connectivity index (χ3v) is 2.44. The molecule has 2 rings (SSSR count). The van der Waals surface area contributed by atoms with Crippen molar-refractivity contribution in [3.05, 3.63) is 22.5 Å². The molecule has 1 aliphatic rings. The normalized spacial score (nSPS) is 19.1. The number of nitro groups is 1. The van der Waals surface area contributed by atoms with Crippen molar-refractivity contribution < 1.29 is 9.72 Å². The van der Waals surface area contributed by atoms with Gasteiger partial charge in [0.2, 0.25) is 11.9 Å². The molecule has 0 aromatic carbocycles. The third-order valence-electron chi connectivity index (χ3n) is 2.44. The summed E-state index contributed by atoms with van der Waals surface area (Å²) in [5.41, 5.74) is -0.214. The summed E-state index contributed by atoms with van der Waals surface area (Å²) in [6.07, 6.45) is 7.64. The SMILES string of the molecule is C#CC1CC(=O)N(c2ncc([N+](=O)[O-])cn2)C1. The number of terminal acetylenes is 1. The van der Waals surface area contributed by atoms with E-state index in [-0.39, 0.29) is 29.9 Å². The van der Waals surface area contributed by atoms with E-state index in [0.717, 1.165) is 12.4 Å². The number of nitrogens with zero attached hydrogens (tertiary/aromatic N) is 4. The van der Waals surface area contributed by atoms with Crippen LogP contribution in [0, 0.1) is 28.4 Å². The van der Waals surface area contributed by atoms with E-state index in [9.17, 15) is 14.9 Å². The number of carbonyl (C=O) groups excluding carboxylic acids is 1. The molecule has 0 spiro atoms. The molecule has 1 unspecified atom stereocenters. The number of amides is 1. The summed E-state index contributed by atoms with van der Waals surface area (Å²) >= 11 is 0. The second kappa shape index (κ2) is 4.17. The van der Waals surface area contributed by atoms with E-state index in [1.54, 1.807) is 0 Å². The van der Waals surface area contributed by atoms with E-state index >= 15 is 0 Å². The van der Waals surface area contributed by atoms with Crippen LogP contribution in [0.2, 0.25) is 0 Å². The first-order chi connectivity index (χ1) is 8.11. The van der Waals surface area contributed by atoms with Crippen LogP contribution in [0.3, 0.4) is 0 Å². The summed E-state index contributed by atoms with van der Waals surface area (Å²) in [5.74, 6) is 2.33. The van der Waals surface area contributed by atoms with Gasteiger partial charge in [0.15, 0.2) is 0 Å². The molecule has 7 heteroatoms. The van der Waals surface area contributed by atoms with Crippen LogP contribution in [0.15, 0.2) is 12.4 Å². The average Bonchev–Trinajstić information content (AvgIpc) is 2.71. The maximum absolute atomic E-state index is 11.6. The summed E-state index contributed by atoms with van der Waals surface area (Å²) in [7, 11) is 0. The molecule has 1 aromatic rings. The monoisotopic (exact) mass is 232 g/mol. The van der Waals surface area contributed by atoms with Gasteiger partial charge in [0.1, 0.15) is 12.4 Å². The van der Waals surface area contributed by atoms with Crippen molar-refractivity contribution in [2.75, 3.05) is 11.4 Å². The Kier molecular flexibility index (Phi) is 2.70. The third kappa shape index (κ3) is 2.06. The highest BCUT2D eigenvalue weighted by Gasteiger charge is 2.31. The Labute approximate surface area is 96.6 Å². The Hall–Kier alpha value is -2.49. The largest absolute Gasteiger partial charge is 0.305 e. The molecule has 1 amide bonds. The fraction of sp³-hybridized carbons (Fsp3) is 0.300. The van der Waals surface area contributed by atoms with Gasteiger partial charge in [-0.25, -0.2) is 9.97 Å². The minimum atomic E-state index is -0.597. The van der Waals surface area contributed by atoms with Crippen molar-refractivity contribution in [1.29, 1.82) is 0 Å². The van der Waals surface area contributed by atoms with E-state index < -0.39 is 4.92 Å². The first-order valence-electron chi connectivity index (χ1n) is 4.84. The van der Waals surface area contributed by atoms with Gasteiger partial charge in [-0.1, -0.05) is 0 Å². The Balaban J connectivity index is 2.21. The highest BCUT2D eigenvalue weighted by molar-refractivity contribution is 5.94. The summed E-state index contributed by atoms with van der Waals surface area (Å²) in [6, 6.07) is 0. The van der Waals surface area contributed by atoms with Gasteiger partial charge in [0.25, 0.3) is 0 Å². The first-order valence-corrected chi connectivity index (χ1v) is 4.84.